The lowest BCUT2D eigenvalue weighted by Gasteiger charge is -2.13. The van der Waals surface area contributed by atoms with Gasteiger partial charge in [0.05, 0.1) is 0 Å². The van der Waals surface area contributed by atoms with E-state index in [-0.39, 0.29) is 0 Å². The van der Waals surface area contributed by atoms with Gasteiger partial charge in [-0.2, -0.15) is 0 Å². The maximum absolute atomic E-state index is 10.2. The zero-order chi connectivity index (χ0) is 11.5. The number of hydrogen-bond acceptors (Lipinski definition) is 2. The predicted molar refractivity (Wildman–Crippen MR) is 64.5 cm³/mol. The standard InChI is InChI=1S/C13H12ClNO/c1-9-8-15-7-6-12(9)13(16)10-2-4-11(14)5-3-10/h2-8,13,16H,1H3. The molecular formula is C13H12ClNO. The van der Waals surface area contributed by atoms with Crippen LogP contribution >= 0.6 is 11.6 Å². The van der Waals surface area contributed by atoms with E-state index in [4.69, 9.17) is 11.6 Å². The molecule has 1 atom stereocenters. The van der Waals surface area contributed by atoms with Gasteiger partial charge in [-0.1, -0.05) is 23.7 Å². The topological polar surface area (TPSA) is 33.1 Å². The SMILES string of the molecule is Cc1cnccc1C(O)c1ccc(Cl)cc1. The van der Waals surface area contributed by atoms with Crippen LogP contribution in [0, 0.1) is 6.92 Å². The lowest BCUT2D eigenvalue weighted by atomic mass is 9.99. The molecule has 0 bridgehead atoms. The molecule has 0 saturated carbocycles. The Balaban J connectivity index is 2.35. The molecule has 1 N–H and O–H groups in total. The zero-order valence-corrected chi connectivity index (χ0v) is 9.65. The van der Waals surface area contributed by atoms with Crippen molar-refractivity contribution in [1.82, 2.24) is 4.98 Å². The minimum absolute atomic E-state index is 0.625. The van der Waals surface area contributed by atoms with Gasteiger partial charge in [-0.3, -0.25) is 4.98 Å². The van der Waals surface area contributed by atoms with Gasteiger partial charge in [-0.05, 0) is 41.8 Å². The first-order valence-corrected chi connectivity index (χ1v) is 5.40. The van der Waals surface area contributed by atoms with Crippen LogP contribution in [0.2, 0.25) is 5.02 Å². The molecule has 3 heteroatoms. The summed E-state index contributed by atoms with van der Waals surface area (Å²) in [5.74, 6) is 0. The molecule has 0 radical (unpaired) electrons. The third-order valence-electron chi connectivity index (χ3n) is 2.54. The highest BCUT2D eigenvalue weighted by Crippen LogP contribution is 2.24. The fourth-order valence-electron chi connectivity index (χ4n) is 1.62. The molecule has 0 spiro atoms. The van der Waals surface area contributed by atoms with Crippen molar-refractivity contribution in [2.45, 2.75) is 13.0 Å². The van der Waals surface area contributed by atoms with Gasteiger partial charge in [0.1, 0.15) is 6.10 Å². The smallest absolute Gasteiger partial charge is 0.104 e. The van der Waals surface area contributed by atoms with E-state index in [2.05, 4.69) is 4.98 Å². The average molecular weight is 234 g/mol. The molecule has 0 aliphatic heterocycles. The summed E-state index contributed by atoms with van der Waals surface area (Å²) in [4.78, 5) is 4.00. The van der Waals surface area contributed by atoms with Crippen molar-refractivity contribution in [3.05, 3.63) is 64.4 Å². The molecule has 2 aromatic rings. The van der Waals surface area contributed by atoms with Crippen molar-refractivity contribution in [3.63, 3.8) is 0 Å². The Kier molecular flexibility index (Phi) is 3.22. The zero-order valence-electron chi connectivity index (χ0n) is 8.89. The van der Waals surface area contributed by atoms with Gasteiger partial charge in [0.25, 0.3) is 0 Å². The van der Waals surface area contributed by atoms with Crippen LogP contribution in [0.4, 0.5) is 0 Å². The second-order valence-electron chi connectivity index (χ2n) is 3.69. The molecule has 1 heterocycles. The Morgan fingerprint density at radius 2 is 1.88 bits per heavy atom. The lowest BCUT2D eigenvalue weighted by Crippen LogP contribution is -2.01. The number of benzene rings is 1. The molecule has 0 fully saturated rings. The Hall–Kier alpha value is -1.38. The van der Waals surface area contributed by atoms with Crippen LogP contribution in [0.25, 0.3) is 0 Å². The van der Waals surface area contributed by atoms with Crippen LogP contribution in [0.1, 0.15) is 22.8 Å². The number of aromatic nitrogens is 1. The fourth-order valence-corrected chi connectivity index (χ4v) is 1.74. The number of aliphatic hydroxyl groups excluding tert-OH is 1. The second-order valence-corrected chi connectivity index (χ2v) is 4.12. The van der Waals surface area contributed by atoms with Crippen molar-refractivity contribution in [1.29, 1.82) is 0 Å². The number of pyridine rings is 1. The molecule has 16 heavy (non-hydrogen) atoms. The van der Waals surface area contributed by atoms with Crippen LogP contribution in [0.3, 0.4) is 0 Å². The van der Waals surface area contributed by atoms with Gasteiger partial charge in [0.2, 0.25) is 0 Å². The fraction of sp³-hybridized carbons (Fsp3) is 0.154. The van der Waals surface area contributed by atoms with E-state index in [1.165, 1.54) is 0 Å². The summed E-state index contributed by atoms with van der Waals surface area (Å²) in [6, 6.07) is 9.03. The molecule has 1 unspecified atom stereocenters. The number of halogens is 1. The Morgan fingerprint density at radius 1 is 1.19 bits per heavy atom. The van der Waals surface area contributed by atoms with E-state index < -0.39 is 6.10 Å². The first kappa shape index (κ1) is 11.1. The van der Waals surface area contributed by atoms with Crippen LogP contribution in [-0.4, -0.2) is 10.1 Å². The minimum Gasteiger partial charge on any atom is -0.384 e. The molecule has 82 valence electrons. The van der Waals surface area contributed by atoms with Crippen molar-refractivity contribution >= 4 is 11.6 Å². The first-order valence-electron chi connectivity index (χ1n) is 5.02. The Morgan fingerprint density at radius 3 is 2.50 bits per heavy atom. The number of hydrogen-bond donors (Lipinski definition) is 1. The monoisotopic (exact) mass is 233 g/mol. The summed E-state index contributed by atoms with van der Waals surface area (Å²) in [5.41, 5.74) is 2.68. The Bertz CT molecular complexity index is 482. The van der Waals surface area contributed by atoms with Gasteiger partial charge >= 0.3 is 0 Å². The van der Waals surface area contributed by atoms with E-state index in [1.54, 1.807) is 24.5 Å². The molecule has 2 nitrogen and oxygen atoms in total. The van der Waals surface area contributed by atoms with Gasteiger partial charge < -0.3 is 5.11 Å². The minimum atomic E-state index is -0.625. The summed E-state index contributed by atoms with van der Waals surface area (Å²) in [6.07, 6.45) is 2.80. The van der Waals surface area contributed by atoms with Crippen molar-refractivity contribution < 1.29 is 5.11 Å². The number of nitrogens with zero attached hydrogens (tertiary/aromatic N) is 1. The molecule has 0 aliphatic carbocycles. The molecule has 2 rings (SSSR count). The molecule has 1 aromatic heterocycles. The highest BCUT2D eigenvalue weighted by molar-refractivity contribution is 6.30. The normalized spacial score (nSPS) is 12.4. The average Bonchev–Trinajstić information content (AvgIpc) is 2.30. The quantitative estimate of drug-likeness (QED) is 0.865. The molecule has 0 saturated heterocycles. The van der Waals surface area contributed by atoms with Crippen LogP contribution < -0.4 is 0 Å². The third kappa shape index (κ3) is 2.23. The van der Waals surface area contributed by atoms with Crippen molar-refractivity contribution in [2.75, 3.05) is 0 Å². The predicted octanol–water partition coefficient (Wildman–Crippen LogP) is 3.13. The van der Waals surface area contributed by atoms with Crippen LogP contribution in [0.15, 0.2) is 42.7 Å². The summed E-state index contributed by atoms with van der Waals surface area (Å²) < 4.78 is 0. The van der Waals surface area contributed by atoms with Gasteiger partial charge in [0, 0.05) is 17.4 Å². The van der Waals surface area contributed by atoms with E-state index in [0.29, 0.717) is 5.02 Å². The van der Waals surface area contributed by atoms with E-state index in [1.807, 2.05) is 25.1 Å². The molecular weight excluding hydrogens is 222 g/mol. The number of aliphatic hydroxyl groups is 1. The van der Waals surface area contributed by atoms with Crippen LogP contribution in [-0.2, 0) is 0 Å². The summed E-state index contributed by atoms with van der Waals surface area (Å²) >= 11 is 5.80. The lowest BCUT2D eigenvalue weighted by molar-refractivity contribution is 0.219. The third-order valence-corrected chi connectivity index (χ3v) is 2.80. The van der Waals surface area contributed by atoms with E-state index in [0.717, 1.165) is 16.7 Å². The number of aryl methyl sites for hydroxylation is 1. The largest absolute Gasteiger partial charge is 0.384 e. The summed E-state index contributed by atoms with van der Waals surface area (Å²) in [5, 5.41) is 10.9. The summed E-state index contributed by atoms with van der Waals surface area (Å²) in [7, 11) is 0. The second kappa shape index (κ2) is 4.64. The maximum atomic E-state index is 10.2. The van der Waals surface area contributed by atoms with Crippen molar-refractivity contribution in [2.24, 2.45) is 0 Å². The highest BCUT2D eigenvalue weighted by atomic mass is 35.5. The molecule has 0 amide bonds. The maximum Gasteiger partial charge on any atom is 0.104 e. The van der Waals surface area contributed by atoms with E-state index in [9.17, 15) is 5.11 Å². The number of rotatable bonds is 2. The first-order chi connectivity index (χ1) is 7.68. The summed E-state index contributed by atoms with van der Waals surface area (Å²) in [6.45, 7) is 1.93. The van der Waals surface area contributed by atoms with Gasteiger partial charge in [-0.15, -0.1) is 0 Å². The Labute approximate surface area is 99.5 Å². The van der Waals surface area contributed by atoms with Crippen LogP contribution in [0.5, 0.6) is 0 Å². The highest BCUT2D eigenvalue weighted by Gasteiger charge is 2.12. The van der Waals surface area contributed by atoms with Crippen molar-refractivity contribution in [3.8, 4) is 0 Å². The van der Waals surface area contributed by atoms with E-state index >= 15 is 0 Å². The van der Waals surface area contributed by atoms with Gasteiger partial charge in [-0.25, -0.2) is 0 Å². The molecule has 1 aromatic carbocycles. The molecule has 0 aliphatic rings. The van der Waals surface area contributed by atoms with Gasteiger partial charge in [0.15, 0.2) is 0 Å².